The molecule has 1 aromatic carbocycles. The third-order valence-electron chi connectivity index (χ3n) is 3.81. The fraction of sp³-hybridized carbons (Fsp3) is 0.647. The smallest absolute Gasteiger partial charge is 0.124 e. The lowest BCUT2D eigenvalue weighted by Gasteiger charge is -2.24. The number of hydrogen-bond acceptors (Lipinski definition) is 3. The number of rotatable bonds is 8. The van der Waals surface area contributed by atoms with Gasteiger partial charge in [0.25, 0.3) is 0 Å². The molecule has 3 nitrogen and oxygen atoms in total. The van der Waals surface area contributed by atoms with E-state index in [1.54, 1.807) is 0 Å². The summed E-state index contributed by atoms with van der Waals surface area (Å²) in [6, 6.07) is 6.55. The molecule has 0 spiro atoms. The summed E-state index contributed by atoms with van der Waals surface area (Å²) in [5, 5.41) is 3.66. The lowest BCUT2D eigenvalue weighted by Crippen LogP contribution is -2.26. The van der Waals surface area contributed by atoms with Crippen LogP contribution in [0.25, 0.3) is 0 Å². The van der Waals surface area contributed by atoms with E-state index in [-0.39, 0.29) is 6.04 Å². The average Bonchev–Trinajstić information content (AvgIpc) is 2.98. The van der Waals surface area contributed by atoms with Crippen molar-refractivity contribution in [3.05, 3.63) is 28.2 Å². The quantitative estimate of drug-likeness (QED) is 0.746. The molecule has 1 aliphatic heterocycles. The molecule has 118 valence electrons. The molecule has 4 heteroatoms. The topological polar surface area (TPSA) is 30.5 Å². The molecule has 1 aliphatic rings. The van der Waals surface area contributed by atoms with Crippen LogP contribution < -0.4 is 10.1 Å². The highest BCUT2D eigenvalue weighted by Gasteiger charge is 2.24. The van der Waals surface area contributed by atoms with Gasteiger partial charge in [-0.25, -0.2) is 0 Å². The van der Waals surface area contributed by atoms with E-state index in [0.717, 1.165) is 36.2 Å². The van der Waals surface area contributed by atoms with Gasteiger partial charge in [-0.1, -0.05) is 22.9 Å². The van der Waals surface area contributed by atoms with Gasteiger partial charge < -0.3 is 14.8 Å². The molecule has 0 aromatic heterocycles. The van der Waals surface area contributed by atoms with E-state index in [9.17, 15) is 0 Å². The summed E-state index contributed by atoms with van der Waals surface area (Å²) < 4.78 is 12.7. The van der Waals surface area contributed by atoms with E-state index in [2.05, 4.69) is 40.3 Å². The van der Waals surface area contributed by atoms with Crippen LogP contribution in [0, 0.1) is 0 Å². The van der Waals surface area contributed by atoms with E-state index in [1.165, 1.54) is 18.4 Å². The minimum Gasteiger partial charge on any atom is -0.494 e. The Labute approximate surface area is 136 Å². The van der Waals surface area contributed by atoms with Gasteiger partial charge in [-0.05, 0) is 57.4 Å². The van der Waals surface area contributed by atoms with Crippen LogP contribution in [0.2, 0.25) is 0 Å². The zero-order valence-electron chi connectivity index (χ0n) is 13.0. The maximum atomic E-state index is 5.82. The van der Waals surface area contributed by atoms with E-state index < -0.39 is 0 Å². The third kappa shape index (κ3) is 4.97. The Bertz CT molecular complexity index is 433. The first-order chi connectivity index (χ1) is 10.2. The second kappa shape index (κ2) is 8.76. The summed E-state index contributed by atoms with van der Waals surface area (Å²) in [4.78, 5) is 0. The zero-order valence-corrected chi connectivity index (χ0v) is 14.6. The normalized spacial score (nSPS) is 19.7. The summed E-state index contributed by atoms with van der Waals surface area (Å²) >= 11 is 3.58. The Morgan fingerprint density at radius 1 is 1.43 bits per heavy atom. The number of hydrogen-bond donors (Lipinski definition) is 1. The van der Waals surface area contributed by atoms with E-state index >= 15 is 0 Å². The second-order valence-electron chi connectivity index (χ2n) is 5.49. The lowest BCUT2D eigenvalue weighted by molar-refractivity contribution is 0.0942. The summed E-state index contributed by atoms with van der Waals surface area (Å²) in [5.74, 6) is 0.979. The SMILES string of the molecule is CCCNC(CC1CCCO1)c1cc(Br)ccc1OCC. The molecule has 2 unspecified atom stereocenters. The maximum absolute atomic E-state index is 5.82. The summed E-state index contributed by atoms with van der Waals surface area (Å²) in [6.45, 7) is 6.83. The highest BCUT2D eigenvalue weighted by atomic mass is 79.9. The van der Waals surface area contributed by atoms with Crippen molar-refractivity contribution in [3.8, 4) is 5.75 Å². The molecule has 2 rings (SSSR count). The largest absolute Gasteiger partial charge is 0.494 e. The minimum absolute atomic E-state index is 0.284. The second-order valence-corrected chi connectivity index (χ2v) is 6.41. The van der Waals surface area contributed by atoms with Gasteiger partial charge in [-0.15, -0.1) is 0 Å². The molecule has 1 heterocycles. The van der Waals surface area contributed by atoms with Gasteiger partial charge in [0.05, 0.1) is 12.7 Å². The van der Waals surface area contributed by atoms with Gasteiger partial charge in [-0.3, -0.25) is 0 Å². The fourth-order valence-electron chi connectivity index (χ4n) is 2.81. The summed E-state index contributed by atoms with van der Waals surface area (Å²) in [7, 11) is 0. The van der Waals surface area contributed by atoms with Crippen molar-refractivity contribution in [2.75, 3.05) is 19.8 Å². The molecule has 1 fully saturated rings. The first-order valence-corrected chi connectivity index (χ1v) is 8.81. The van der Waals surface area contributed by atoms with E-state index in [1.807, 2.05) is 13.0 Å². The summed E-state index contributed by atoms with van der Waals surface area (Å²) in [6.07, 6.45) is 4.86. The predicted octanol–water partition coefficient (Wildman–Crippen LogP) is 4.46. The third-order valence-corrected chi connectivity index (χ3v) is 4.30. The summed E-state index contributed by atoms with van der Waals surface area (Å²) in [5.41, 5.74) is 1.23. The molecule has 1 aromatic rings. The first-order valence-electron chi connectivity index (χ1n) is 8.01. The molecule has 0 bridgehead atoms. The van der Waals surface area contributed by atoms with Crippen molar-refractivity contribution in [2.45, 2.75) is 51.7 Å². The molecular weight excluding hydrogens is 330 g/mol. The molecule has 0 aliphatic carbocycles. The monoisotopic (exact) mass is 355 g/mol. The number of halogens is 1. The Kier molecular flexibility index (Phi) is 7.00. The number of nitrogens with one attached hydrogen (secondary N) is 1. The van der Waals surface area contributed by atoms with Crippen LogP contribution in [0.3, 0.4) is 0 Å². The first kappa shape index (κ1) is 16.8. The van der Waals surface area contributed by atoms with Crippen LogP contribution in [-0.2, 0) is 4.74 Å². The van der Waals surface area contributed by atoms with Crippen LogP contribution in [0.5, 0.6) is 5.75 Å². The minimum atomic E-state index is 0.284. The molecule has 1 saturated heterocycles. The number of ether oxygens (including phenoxy) is 2. The van der Waals surface area contributed by atoms with E-state index in [4.69, 9.17) is 9.47 Å². The van der Waals surface area contributed by atoms with Crippen molar-refractivity contribution in [2.24, 2.45) is 0 Å². The molecule has 2 atom stereocenters. The van der Waals surface area contributed by atoms with Crippen molar-refractivity contribution in [3.63, 3.8) is 0 Å². The van der Waals surface area contributed by atoms with Gasteiger partial charge in [0.2, 0.25) is 0 Å². The van der Waals surface area contributed by atoms with Crippen LogP contribution in [0.1, 0.15) is 51.1 Å². The molecule has 0 radical (unpaired) electrons. The molecule has 0 amide bonds. The Morgan fingerprint density at radius 2 is 2.29 bits per heavy atom. The highest BCUT2D eigenvalue weighted by molar-refractivity contribution is 9.10. The lowest BCUT2D eigenvalue weighted by atomic mass is 9.98. The van der Waals surface area contributed by atoms with E-state index in [0.29, 0.717) is 12.7 Å². The van der Waals surface area contributed by atoms with Gasteiger partial charge in [0, 0.05) is 22.7 Å². The molecule has 1 N–H and O–H groups in total. The average molecular weight is 356 g/mol. The van der Waals surface area contributed by atoms with Crippen molar-refractivity contribution in [1.29, 1.82) is 0 Å². The van der Waals surface area contributed by atoms with Crippen LogP contribution in [0.15, 0.2) is 22.7 Å². The van der Waals surface area contributed by atoms with Gasteiger partial charge in [0.15, 0.2) is 0 Å². The fourth-order valence-corrected chi connectivity index (χ4v) is 3.19. The van der Waals surface area contributed by atoms with Gasteiger partial charge in [0.1, 0.15) is 5.75 Å². The van der Waals surface area contributed by atoms with Crippen LogP contribution in [0.4, 0.5) is 0 Å². The molecule has 21 heavy (non-hydrogen) atoms. The Hall–Kier alpha value is -0.580. The van der Waals surface area contributed by atoms with Crippen molar-refractivity contribution >= 4 is 15.9 Å². The Balaban J connectivity index is 2.18. The predicted molar refractivity (Wildman–Crippen MR) is 89.9 cm³/mol. The maximum Gasteiger partial charge on any atom is 0.124 e. The molecule has 0 saturated carbocycles. The highest BCUT2D eigenvalue weighted by Crippen LogP contribution is 2.33. The molecular formula is C17H26BrNO2. The van der Waals surface area contributed by atoms with Crippen molar-refractivity contribution in [1.82, 2.24) is 5.32 Å². The Morgan fingerprint density at radius 3 is 2.95 bits per heavy atom. The zero-order chi connectivity index (χ0) is 15.1. The number of benzene rings is 1. The van der Waals surface area contributed by atoms with Gasteiger partial charge >= 0.3 is 0 Å². The van der Waals surface area contributed by atoms with Gasteiger partial charge in [-0.2, -0.15) is 0 Å². The standard InChI is InChI=1S/C17H26BrNO2/c1-3-9-19-16(12-14-6-5-10-21-14)15-11-13(18)7-8-17(15)20-4-2/h7-8,11,14,16,19H,3-6,9-10,12H2,1-2H3. The van der Waals surface area contributed by atoms with Crippen LogP contribution in [-0.4, -0.2) is 25.9 Å². The van der Waals surface area contributed by atoms with Crippen molar-refractivity contribution < 1.29 is 9.47 Å². The van der Waals surface area contributed by atoms with Crippen LogP contribution >= 0.6 is 15.9 Å².